The molecule has 5 heteroatoms. The summed E-state index contributed by atoms with van der Waals surface area (Å²) >= 11 is 0. The van der Waals surface area contributed by atoms with Crippen molar-refractivity contribution < 1.29 is 19.1 Å². The van der Waals surface area contributed by atoms with Gasteiger partial charge in [-0.3, -0.25) is 4.79 Å². The number of hydrogen-bond acceptors (Lipinski definition) is 4. The minimum atomic E-state index is -0.583. The highest BCUT2D eigenvalue weighted by atomic mass is 16.6. The Morgan fingerprint density at radius 1 is 1.25 bits per heavy atom. The summed E-state index contributed by atoms with van der Waals surface area (Å²) in [7, 11) is 1.49. The van der Waals surface area contributed by atoms with Crippen LogP contribution in [0.15, 0.2) is 30.3 Å². The van der Waals surface area contributed by atoms with Gasteiger partial charge in [0.1, 0.15) is 19.3 Å². The molecule has 1 amide bonds. The Morgan fingerprint density at radius 2 is 1.88 bits per heavy atom. The van der Waals surface area contributed by atoms with Crippen LogP contribution >= 0.6 is 0 Å². The zero-order chi connectivity index (χ0) is 18.2. The van der Waals surface area contributed by atoms with E-state index in [1.807, 2.05) is 51.1 Å². The number of carbonyl (C=O) groups excluding carboxylic acids is 2. The average Bonchev–Trinajstić information content (AvgIpc) is 2.52. The topological polar surface area (TPSA) is 55.8 Å². The van der Waals surface area contributed by atoms with E-state index in [0.29, 0.717) is 6.42 Å². The highest BCUT2D eigenvalue weighted by molar-refractivity contribution is 5.78. The van der Waals surface area contributed by atoms with Gasteiger partial charge in [-0.1, -0.05) is 51.1 Å². The van der Waals surface area contributed by atoms with E-state index in [1.54, 1.807) is 0 Å². The molecule has 0 aliphatic rings. The zero-order valence-electron chi connectivity index (χ0n) is 14.7. The second-order valence-corrected chi connectivity index (χ2v) is 6.65. The minimum absolute atomic E-state index is 0.154. The van der Waals surface area contributed by atoms with Crippen molar-refractivity contribution in [3.8, 4) is 12.3 Å². The van der Waals surface area contributed by atoms with Crippen molar-refractivity contribution in [3.05, 3.63) is 35.9 Å². The first-order valence-corrected chi connectivity index (χ1v) is 7.78. The van der Waals surface area contributed by atoms with Crippen LogP contribution in [0.4, 0.5) is 4.79 Å². The maximum Gasteiger partial charge on any atom is 0.410 e. The molecule has 1 rings (SSSR count). The predicted octanol–water partition coefficient (Wildman–Crippen LogP) is 3.24. The standard InChI is InChI=1S/C19H25NO4/c1-6-10-16(19(2,3)4)24-17(21)13-20(5)18(22)23-14-15-11-8-7-9-12-15/h1,7-9,11-12,16H,10,13-14H2,2-5H3/t16-/m0/s1. The number of ether oxygens (including phenoxy) is 2. The van der Waals surface area contributed by atoms with E-state index in [9.17, 15) is 9.59 Å². The first-order valence-electron chi connectivity index (χ1n) is 7.78. The fourth-order valence-electron chi connectivity index (χ4n) is 1.92. The predicted molar refractivity (Wildman–Crippen MR) is 92.0 cm³/mol. The van der Waals surface area contributed by atoms with E-state index in [2.05, 4.69) is 5.92 Å². The summed E-state index contributed by atoms with van der Waals surface area (Å²) < 4.78 is 10.6. The number of hydrogen-bond donors (Lipinski definition) is 0. The number of nitrogens with zero attached hydrogens (tertiary/aromatic N) is 1. The van der Waals surface area contributed by atoms with Gasteiger partial charge in [-0.2, -0.15) is 0 Å². The molecule has 0 aliphatic heterocycles. The molecule has 0 aliphatic carbocycles. The van der Waals surface area contributed by atoms with Crippen molar-refractivity contribution in [2.24, 2.45) is 5.41 Å². The van der Waals surface area contributed by atoms with Crippen molar-refractivity contribution in [3.63, 3.8) is 0 Å². The SMILES string of the molecule is C#CC[C@H](OC(=O)CN(C)C(=O)OCc1ccccc1)C(C)(C)C. The van der Waals surface area contributed by atoms with Crippen molar-refractivity contribution in [2.45, 2.75) is 39.9 Å². The van der Waals surface area contributed by atoms with E-state index in [4.69, 9.17) is 15.9 Å². The van der Waals surface area contributed by atoms with E-state index < -0.39 is 18.2 Å². The van der Waals surface area contributed by atoms with Crippen molar-refractivity contribution in [1.29, 1.82) is 0 Å². The fourth-order valence-corrected chi connectivity index (χ4v) is 1.92. The van der Waals surface area contributed by atoms with Gasteiger partial charge in [0.25, 0.3) is 0 Å². The van der Waals surface area contributed by atoms with Gasteiger partial charge >= 0.3 is 12.1 Å². The Labute approximate surface area is 143 Å². The van der Waals surface area contributed by atoms with Gasteiger partial charge in [-0.25, -0.2) is 4.79 Å². The Balaban J connectivity index is 2.47. The summed E-state index contributed by atoms with van der Waals surface area (Å²) in [5.74, 6) is 2.00. The van der Waals surface area contributed by atoms with Gasteiger partial charge in [-0.15, -0.1) is 12.3 Å². The monoisotopic (exact) mass is 331 g/mol. The largest absolute Gasteiger partial charge is 0.459 e. The first kappa shape index (κ1) is 19.6. The maximum atomic E-state index is 12.0. The minimum Gasteiger partial charge on any atom is -0.459 e. The highest BCUT2D eigenvalue weighted by Gasteiger charge is 2.28. The van der Waals surface area contributed by atoms with Crippen LogP contribution in [0.5, 0.6) is 0 Å². The van der Waals surface area contributed by atoms with Crippen LogP contribution in [0.3, 0.4) is 0 Å². The second-order valence-electron chi connectivity index (χ2n) is 6.65. The molecule has 0 aromatic heterocycles. The lowest BCUT2D eigenvalue weighted by Crippen LogP contribution is -2.38. The summed E-state index contributed by atoms with van der Waals surface area (Å²) in [6.45, 7) is 5.80. The Morgan fingerprint density at radius 3 is 2.42 bits per heavy atom. The zero-order valence-corrected chi connectivity index (χ0v) is 14.7. The van der Waals surface area contributed by atoms with Crippen molar-refractivity contribution >= 4 is 12.1 Å². The van der Waals surface area contributed by atoms with Crippen LogP contribution in [0, 0.1) is 17.8 Å². The molecular formula is C19H25NO4. The van der Waals surface area contributed by atoms with Gasteiger partial charge in [-0.05, 0) is 11.0 Å². The number of amides is 1. The lowest BCUT2D eigenvalue weighted by molar-refractivity contribution is -0.155. The van der Waals surface area contributed by atoms with Crippen LogP contribution in [-0.2, 0) is 20.9 Å². The molecule has 0 saturated carbocycles. The second kappa shape index (κ2) is 8.97. The lowest BCUT2D eigenvalue weighted by Gasteiger charge is -2.29. The lowest BCUT2D eigenvalue weighted by atomic mass is 9.87. The molecule has 5 nitrogen and oxygen atoms in total. The summed E-state index contributed by atoms with van der Waals surface area (Å²) in [6.07, 6.45) is 4.67. The molecule has 1 aromatic rings. The molecule has 0 bridgehead atoms. The average molecular weight is 331 g/mol. The summed E-state index contributed by atoms with van der Waals surface area (Å²) in [6, 6.07) is 9.32. The summed E-state index contributed by atoms with van der Waals surface area (Å²) in [5.41, 5.74) is 0.609. The summed E-state index contributed by atoms with van der Waals surface area (Å²) in [5, 5.41) is 0. The van der Waals surface area contributed by atoms with E-state index in [1.165, 1.54) is 11.9 Å². The molecule has 0 radical (unpaired) electrons. The van der Waals surface area contributed by atoms with Gasteiger partial charge in [0.05, 0.1) is 0 Å². The third-order valence-corrected chi connectivity index (χ3v) is 3.43. The molecule has 0 fully saturated rings. The molecule has 1 atom stereocenters. The molecule has 130 valence electrons. The van der Waals surface area contributed by atoms with Crippen molar-refractivity contribution in [1.82, 2.24) is 4.90 Å². The van der Waals surface area contributed by atoms with Gasteiger partial charge in [0, 0.05) is 13.5 Å². The molecular weight excluding hydrogens is 306 g/mol. The van der Waals surface area contributed by atoms with Crippen LogP contribution in [0.2, 0.25) is 0 Å². The normalized spacial score (nSPS) is 12.0. The quantitative estimate of drug-likeness (QED) is 0.593. The van der Waals surface area contributed by atoms with Crippen LogP contribution in [0.25, 0.3) is 0 Å². The van der Waals surface area contributed by atoms with E-state index >= 15 is 0 Å². The molecule has 1 aromatic carbocycles. The molecule has 0 saturated heterocycles. The van der Waals surface area contributed by atoms with Crippen LogP contribution in [0.1, 0.15) is 32.8 Å². The van der Waals surface area contributed by atoms with E-state index in [-0.39, 0.29) is 18.6 Å². The number of benzene rings is 1. The van der Waals surface area contributed by atoms with Crippen LogP contribution in [-0.4, -0.2) is 36.7 Å². The fraction of sp³-hybridized carbons (Fsp3) is 0.474. The van der Waals surface area contributed by atoms with Crippen LogP contribution < -0.4 is 0 Å². The highest BCUT2D eigenvalue weighted by Crippen LogP contribution is 2.24. The number of carbonyl (C=O) groups is 2. The molecule has 0 unspecified atom stereocenters. The number of terminal acetylenes is 1. The third-order valence-electron chi connectivity index (χ3n) is 3.43. The smallest absolute Gasteiger partial charge is 0.410 e. The van der Waals surface area contributed by atoms with Gasteiger partial charge < -0.3 is 14.4 Å². The molecule has 24 heavy (non-hydrogen) atoms. The maximum absolute atomic E-state index is 12.0. The third kappa shape index (κ3) is 6.74. The van der Waals surface area contributed by atoms with Crippen molar-refractivity contribution in [2.75, 3.05) is 13.6 Å². The Bertz CT molecular complexity index is 584. The Hall–Kier alpha value is -2.48. The Kier molecular flexibility index (Phi) is 7.31. The number of esters is 1. The molecule has 0 N–H and O–H groups in total. The van der Waals surface area contributed by atoms with Gasteiger partial charge in [0.2, 0.25) is 0 Å². The first-order chi connectivity index (χ1) is 11.2. The van der Waals surface area contributed by atoms with Gasteiger partial charge in [0.15, 0.2) is 0 Å². The van der Waals surface area contributed by atoms with E-state index in [0.717, 1.165) is 5.56 Å². The number of likely N-dealkylation sites (N-methyl/N-ethyl adjacent to an activating group) is 1. The molecule has 0 heterocycles. The number of rotatable bonds is 6. The molecule has 0 spiro atoms. The summed E-state index contributed by atoms with van der Waals surface area (Å²) in [4.78, 5) is 25.1.